The Morgan fingerprint density at radius 3 is 2.72 bits per heavy atom. The quantitative estimate of drug-likeness (QED) is 0.793. The summed E-state index contributed by atoms with van der Waals surface area (Å²) in [7, 11) is 0. The molecule has 0 bridgehead atoms. The van der Waals surface area contributed by atoms with Crippen molar-refractivity contribution in [2.45, 2.75) is 19.4 Å². The Kier molecular flexibility index (Phi) is 4.21. The summed E-state index contributed by atoms with van der Waals surface area (Å²) in [5, 5.41) is 3.14. The van der Waals surface area contributed by atoms with E-state index in [-0.39, 0.29) is 18.3 Å². The number of benzene rings is 1. The van der Waals surface area contributed by atoms with Gasteiger partial charge >= 0.3 is 0 Å². The van der Waals surface area contributed by atoms with Gasteiger partial charge in [-0.3, -0.25) is 10.1 Å². The van der Waals surface area contributed by atoms with Crippen molar-refractivity contribution in [2.24, 2.45) is 5.73 Å². The molecule has 5 nitrogen and oxygen atoms in total. The van der Waals surface area contributed by atoms with Crippen molar-refractivity contribution in [3.8, 4) is 0 Å². The first kappa shape index (κ1) is 14.8. The highest BCUT2D eigenvalue weighted by Crippen LogP contribution is 2.22. The molecule has 0 radical (unpaired) electrons. The van der Waals surface area contributed by atoms with E-state index in [4.69, 9.17) is 17.3 Å². The monoisotopic (exact) mass is 288 g/mol. The van der Waals surface area contributed by atoms with Crippen molar-refractivity contribution in [3.05, 3.63) is 23.2 Å². The minimum Gasteiger partial charge on any atom is -0.324 e. The highest BCUT2D eigenvalue weighted by molar-refractivity contribution is 6.35. The molecule has 0 aliphatic carbocycles. The van der Waals surface area contributed by atoms with Gasteiger partial charge in [0.25, 0.3) is 0 Å². The maximum absolute atomic E-state index is 11.7. The van der Waals surface area contributed by atoms with E-state index in [1.165, 1.54) is 0 Å². The molecular formula is C11H14Cl2N4O. The van der Waals surface area contributed by atoms with Gasteiger partial charge in [-0.05, 0) is 26.0 Å². The van der Waals surface area contributed by atoms with Crippen molar-refractivity contribution in [1.82, 2.24) is 9.97 Å². The topological polar surface area (TPSA) is 83.8 Å². The highest BCUT2D eigenvalue weighted by Gasteiger charge is 2.22. The number of carbonyl (C=O) groups is 1. The van der Waals surface area contributed by atoms with Crippen LogP contribution in [0.1, 0.15) is 13.8 Å². The maximum Gasteiger partial charge on any atom is 0.246 e. The molecule has 18 heavy (non-hydrogen) atoms. The third-order valence-corrected chi connectivity index (χ3v) is 2.59. The van der Waals surface area contributed by atoms with Crippen LogP contribution in [0.25, 0.3) is 11.0 Å². The van der Waals surface area contributed by atoms with Crippen molar-refractivity contribution in [3.63, 3.8) is 0 Å². The summed E-state index contributed by atoms with van der Waals surface area (Å²) in [6.07, 6.45) is 0. The summed E-state index contributed by atoms with van der Waals surface area (Å²) in [6, 6.07) is 5.38. The van der Waals surface area contributed by atoms with Crippen LogP contribution in [-0.4, -0.2) is 21.4 Å². The summed E-state index contributed by atoms with van der Waals surface area (Å²) in [4.78, 5) is 18.8. The van der Waals surface area contributed by atoms with Crippen LogP contribution < -0.4 is 11.1 Å². The number of hydrogen-bond acceptors (Lipinski definition) is 3. The molecule has 1 aromatic carbocycles. The molecule has 0 spiro atoms. The molecule has 98 valence electrons. The molecule has 0 saturated carbocycles. The number of nitrogens with two attached hydrogens (primary N) is 1. The fourth-order valence-electron chi connectivity index (χ4n) is 1.32. The zero-order valence-corrected chi connectivity index (χ0v) is 11.5. The van der Waals surface area contributed by atoms with Gasteiger partial charge in [0.05, 0.1) is 16.1 Å². The van der Waals surface area contributed by atoms with Gasteiger partial charge in [-0.25, -0.2) is 4.98 Å². The lowest BCUT2D eigenvalue weighted by atomic mass is 10.1. The predicted molar refractivity (Wildman–Crippen MR) is 75.2 cm³/mol. The lowest BCUT2D eigenvalue weighted by molar-refractivity contribution is -0.120. The Bertz CT molecular complexity index is 574. The van der Waals surface area contributed by atoms with E-state index in [1.807, 2.05) is 6.07 Å². The third kappa shape index (κ3) is 2.93. The molecule has 0 fully saturated rings. The second kappa shape index (κ2) is 5.14. The van der Waals surface area contributed by atoms with Gasteiger partial charge in [-0.2, -0.15) is 0 Å². The molecular weight excluding hydrogens is 275 g/mol. The first-order chi connectivity index (χ1) is 7.88. The SMILES string of the molecule is CC(C)(N)C(=O)Nc1nc2c(Cl)cccc2[nH]1.Cl. The van der Waals surface area contributed by atoms with Gasteiger partial charge in [0.1, 0.15) is 5.52 Å². The molecule has 0 aliphatic rings. The maximum atomic E-state index is 11.7. The van der Waals surface area contributed by atoms with E-state index in [1.54, 1.807) is 26.0 Å². The van der Waals surface area contributed by atoms with Gasteiger partial charge in [0.15, 0.2) is 0 Å². The fraction of sp³-hybridized carbons (Fsp3) is 0.273. The second-order valence-electron chi connectivity index (χ2n) is 4.40. The number of aromatic nitrogens is 2. The molecule has 1 heterocycles. The number of carbonyl (C=O) groups excluding carboxylic acids is 1. The molecule has 0 unspecified atom stereocenters. The van der Waals surface area contributed by atoms with Gasteiger partial charge in [-0.1, -0.05) is 17.7 Å². The Morgan fingerprint density at radius 2 is 2.17 bits per heavy atom. The molecule has 2 aromatic rings. The summed E-state index contributed by atoms with van der Waals surface area (Å²) >= 11 is 5.98. The lowest BCUT2D eigenvalue weighted by Crippen LogP contribution is -2.45. The molecule has 0 saturated heterocycles. The normalized spacial score (nSPS) is 11.1. The van der Waals surface area contributed by atoms with Gasteiger partial charge in [-0.15, -0.1) is 12.4 Å². The third-order valence-electron chi connectivity index (χ3n) is 2.28. The Morgan fingerprint density at radius 1 is 1.50 bits per heavy atom. The molecule has 1 amide bonds. The molecule has 0 atom stereocenters. The predicted octanol–water partition coefficient (Wildman–Crippen LogP) is 2.31. The van der Waals surface area contributed by atoms with Crippen molar-refractivity contribution in [1.29, 1.82) is 0 Å². The van der Waals surface area contributed by atoms with E-state index in [2.05, 4.69) is 15.3 Å². The molecule has 2 rings (SSSR count). The number of fused-ring (bicyclic) bond motifs is 1. The molecule has 1 aromatic heterocycles. The number of H-pyrrole nitrogens is 1. The van der Waals surface area contributed by atoms with Crippen molar-refractivity contribution < 1.29 is 4.79 Å². The Labute approximate surface area is 116 Å². The van der Waals surface area contributed by atoms with Crippen LogP contribution in [-0.2, 0) is 4.79 Å². The number of halogens is 2. The first-order valence-electron chi connectivity index (χ1n) is 5.12. The first-order valence-corrected chi connectivity index (χ1v) is 5.50. The number of hydrogen-bond donors (Lipinski definition) is 3. The number of imidazole rings is 1. The largest absolute Gasteiger partial charge is 0.324 e. The van der Waals surface area contributed by atoms with E-state index in [0.717, 1.165) is 5.52 Å². The van der Waals surface area contributed by atoms with Crippen LogP contribution in [0.15, 0.2) is 18.2 Å². The summed E-state index contributed by atoms with van der Waals surface area (Å²) in [5.74, 6) is 0.0318. The van der Waals surface area contributed by atoms with Crippen LogP contribution in [0.4, 0.5) is 5.95 Å². The van der Waals surface area contributed by atoms with Crippen LogP contribution in [0.5, 0.6) is 0 Å². The molecule has 4 N–H and O–H groups in total. The zero-order valence-electron chi connectivity index (χ0n) is 9.95. The van der Waals surface area contributed by atoms with Gasteiger partial charge in [0.2, 0.25) is 11.9 Å². The number of nitrogens with zero attached hydrogens (tertiary/aromatic N) is 1. The number of nitrogens with one attached hydrogen (secondary N) is 2. The average Bonchev–Trinajstić information content (AvgIpc) is 2.60. The van der Waals surface area contributed by atoms with Gasteiger partial charge < -0.3 is 10.7 Å². The van der Waals surface area contributed by atoms with E-state index in [0.29, 0.717) is 16.5 Å². The minimum absolute atomic E-state index is 0. The van der Waals surface area contributed by atoms with Crippen LogP contribution in [0, 0.1) is 0 Å². The zero-order chi connectivity index (χ0) is 12.6. The van der Waals surface area contributed by atoms with Gasteiger partial charge in [0, 0.05) is 0 Å². The second-order valence-corrected chi connectivity index (χ2v) is 4.80. The number of amides is 1. The fourth-order valence-corrected chi connectivity index (χ4v) is 1.54. The van der Waals surface area contributed by atoms with Crippen LogP contribution in [0.2, 0.25) is 5.02 Å². The summed E-state index contributed by atoms with van der Waals surface area (Å²) < 4.78 is 0. The summed E-state index contributed by atoms with van der Waals surface area (Å²) in [5.41, 5.74) is 6.11. The Hall–Kier alpha value is -1.30. The van der Waals surface area contributed by atoms with Crippen molar-refractivity contribution in [2.75, 3.05) is 5.32 Å². The number of anilines is 1. The highest BCUT2D eigenvalue weighted by atomic mass is 35.5. The summed E-state index contributed by atoms with van der Waals surface area (Å²) in [6.45, 7) is 3.25. The molecule has 7 heteroatoms. The average molecular weight is 289 g/mol. The van der Waals surface area contributed by atoms with E-state index < -0.39 is 5.54 Å². The number of rotatable bonds is 2. The minimum atomic E-state index is -0.956. The standard InChI is InChI=1S/C11H13ClN4O.ClH/c1-11(2,13)9(17)16-10-14-7-5-3-4-6(12)8(7)15-10;/h3-5H,13H2,1-2H3,(H2,14,15,16,17);1H. The lowest BCUT2D eigenvalue weighted by Gasteiger charge is -2.16. The van der Waals surface area contributed by atoms with E-state index >= 15 is 0 Å². The number of para-hydroxylation sites is 1. The number of aromatic amines is 1. The Balaban J connectivity index is 0.00000162. The van der Waals surface area contributed by atoms with Crippen LogP contribution in [0.3, 0.4) is 0 Å². The van der Waals surface area contributed by atoms with Crippen LogP contribution >= 0.6 is 24.0 Å². The van der Waals surface area contributed by atoms with Crippen molar-refractivity contribution >= 4 is 46.9 Å². The van der Waals surface area contributed by atoms with E-state index in [9.17, 15) is 4.79 Å². The smallest absolute Gasteiger partial charge is 0.246 e. The molecule has 0 aliphatic heterocycles.